The molecule has 2 aromatic carbocycles. The molecule has 0 radical (unpaired) electrons. The van der Waals surface area contributed by atoms with Crippen LogP contribution in [0.15, 0.2) is 48.5 Å². The van der Waals surface area contributed by atoms with Crippen molar-refractivity contribution in [2.75, 3.05) is 0 Å². The zero-order valence-electron chi connectivity index (χ0n) is 16.0. The molecule has 0 unspecified atom stereocenters. The van der Waals surface area contributed by atoms with Crippen LogP contribution in [-0.4, -0.2) is 12.5 Å². The van der Waals surface area contributed by atoms with Gasteiger partial charge in [-0.1, -0.05) is 50.3 Å². The molecular formula is C23H27F3O2. The molecule has 0 N–H and O–H groups in total. The zero-order valence-corrected chi connectivity index (χ0v) is 16.0. The van der Waals surface area contributed by atoms with Crippen LogP contribution in [0.2, 0.25) is 0 Å². The Balaban J connectivity index is 1.68. The normalized spacial score (nSPS) is 11.4. The average molecular weight is 392 g/mol. The predicted molar refractivity (Wildman–Crippen MR) is 105 cm³/mol. The van der Waals surface area contributed by atoms with Crippen LogP contribution >= 0.6 is 0 Å². The maximum Gasteiger partial charge on any atom is 0.389 e. The van der Waals surface area contributed by atoms with Crippen LogP contribution < -0.4 is 4.74 Å². The van der Waals surface area contributed by atoms with E-state index in [0.717, 1.165) is 56.1 Å². The van der Waals surface area contributed by atoms with E-state index in [4.69, 9.17) is 4.74 Å². The van der Waals surface area contributed by atoms with Gasteiger partial charge in [0.2, 0.25) is 0 Å². The lowest BCUT2D eigenvalue weighted by Crippen LogP contribution is -2.06. The number of alkyl halides is 3. The lowest BCUT2D eigenvalue weighted by atomic mass is 10.0. The summed E-state index contributed by atoms with van der Waals surface area (Å²) in [7, 11) is 0. The Morgan fingerprint density at radius 2 is 1.39 bits per heavy atom. The fourth-order valence-electron chi connectivity index (χ4n) is 3.08. The van der Waals surface area contributed by atoms with Crippen molar-refractivity contribution >= 4 is 6.29 Å². The van der Waals surface area contributed by atoms with E-state index in [9.17, 15) is 18.0 Å². The second kappa shape index (κ2) is 11.5. The van der Waals surface area contributed by atoms with Crippen molar-refractivity contribution in [3.8, 4) is 11.5 Å². The van der Waals surface area contributed by atoms with E-state index in [1.54, 1.807) is 24.3 Å². The molecule has 0 bridgehead atoms. The van der Waals surface area contributed by atoms with Crippen LogP contribution in [-0.2, 0) is 6.42 Å². The van der Waals surface area contributed by atoms with E-state index < -0.39 is 12.6 Å². The number of aryl methyl sites for hydroxylation is 1. The molecule has 0 fully saturated rings. The number of carbonyl (C=O) groups is 1. The molecule has 0 heterocycles. The number of aldehydes is 1. The van der Waals surface area contributed by atoms with Gasteiger partial charge in [-0.05, 0) is 55.2 Å². The summed E-state index contributed by atoms with van der Waals surface area (Å²) in [6.07, 6.45) is 2.88. The number of unbranched alkanes of at least 4 members (excludes halogenated alkanes) is 6. The molecule has 152 valence electrons. The minimum atomic E-state index is -4.02. The number of hydrogen-bond acceptors (Lipinski definition) is 2. The number of rotatable bonds is 12. The first kappa shape index (κ1) is 22.0. The van der Waals surface area contributed by atoms with Gasteiger partial charge >= 0.3 is 6.18 Å². The SMILES string of the molecule is O=Cc1ccc(Oc2ccccc2CCCCCCCCCC(F)(F)F)cc1. The van der Waals surface area contributed by atoms with Gasteiger partial charge in [-0.3, -0.25) is 4.79 Å². The Morgan fingerprint density at radius 1 is 0.786 bits per heavy atom. The van der Waals surface area contributed by atoms with E-state index in [2.05, 4.69) is 0 Å². The van der Waals surface area contributed by atoms with Crippen LogP contribution in [0.1, 0.15) is 67.3 Å². The lowest BCUT2D eigenvalue weighted by molar-refractivity contribution is -0.135. The Bertz CT molecular complexity index is 709. The fourth-order valence-corrected chi connectivity index (χ4v) is 3.08. The highest BCUT2D eigenvalue weighted by Gasteiger charge is 2.25. The number of carbonyl (C=O) groups excluding carboxylic acids is 1. The van der Waals surface area contributed by atoms with Gasteiger partial charge in [0.05, 0.1) is 0 Å². The molecule has 0 aromatic heterocycles. The zero-order chi connectivity index (χ0) is 20.2. The molecule has 5 heteroatoms. The highest BCUT2D eigenvalue weighted by atomic mass is 19.4. The number of halogens is 3. The second-order valence-corrected chi connectivity index (χ2v) is 6.99. The molecule has 2 nitrogen and oxygen atoms in total. The number of benzene rings is 2. The minimum absolute atomic E-state index is 0.238. The van der Waals surface area contributed by atoms with E-state index in [1.165, 1.54) is 0 Å². The summed E-state index contributed by atoms with van der Waals surface area (Å²) >= 11 is 0. The summed E-state index contributed by atoms with van der Waals surface area (Å²) in [6, 6.07) is 14.9. The molecule has 28 heavy (non-hydrogen) atoms. The minimum Gasteiger partial charge on any atom is -0.457 e. The van der Waals surface area contributed by atoms with Crippen LogP contribution in [0.3, 0.4) is 0 Å². The van der Waals surface area contributed by atoms with Gasteiger partial charge in [0.25, 0.3) is 0 Å². The lowest BCUT2D eigenvalue weighted by Gasteiger charge is -2.11. The summed E-state index contributed by atoms with van der Waals surface area (Å²) in [5.74, 6) is 1.51. The van der Waals surface area contributed by atoms with Gasteiger partial charge in [0.15, 0.2) is 0 Å². The highest BCUT2D eigenvalue weighted by molar-refractivity contribution is 5.74. The third-order valence-corrected chi connectivity index (χ3v) is 4.62. The van der Waals surface area contributed by atoms with Crippen molar-refractivity contribution in [1.82, 2.24) is 0 Å². The summed E-state index contributed by atoms with van der Waals surface area (Å²) in [6.45, 7) is 0. The monoisotopic (exact) mass is 392 g/mol. The molecular weight excluding hydrogens is 365 g/mol. The first-order chi connectivity index (χ1) is 13.5. The Morgan fingerprint density at radius 3 is 2.04 bits per heavy atom. The number of para-hydroxylation sites is 1. The number of ether oxygens (including phenoxy) is 1. The highest BCUT2D eigenvalue weighted by Crippen LogP contribution is 2.27. The molecule has 0 aliphatic heterocycles. The predicted octanol–water partition coefficient (Wildman–Crippen LogP) is 7.52. The average Bonchev–Trinajstić information content (AvgIpc) is 2.67. The molecule has 0 spiro atoms. The molecule has 0 amide bonds. The molecule has 2 aromatic rings. The third-order valence-electron chi connectivity index (χ3n) is 4.62. The first-order valence-corrected chi connectivity index (χ1v) is 9.86. The van der Waals surface area contributed by atoms with E-state index in [-0.39, 0.29) is 6.42 Å². The molecule has 0 saturated heterocycles. The molecule has 2 rings (SSSR count). The first-order valence-electron chi connectivity index (χ1n) is 9.86. The largest absolute Gasteiger partial charge is 0.457 e. The van der Waals surface area contributed by atoms with Crippen LogP contribution in [0.25, 0.3) is 0 Å². The standard InChI is InChI=1S/C23H27F3O2/c24-23(25,26)17-9-5-3-1-2-4-6-10-20-11-7-8-12-22(20)28-21-15-13-19(18-27)14-16-21/h7-8,11-16,18H,1-6,9-10,17H2. The summed E-state index contributed by atoms with van der Waals surface area (Å²) < 4.78 is 42.2. The second-order valence-electron chi connectivity index (χ2n) is 6.99. The maximum absolute atomic E-state index is 12.1. The van der Waals surface area contributed by atoms with Gasteiger partial charge < -0.3 is 4.74 Å². The van der Waals surface area contributed by atoms with Crippen molar-refractivity contribution in [2.24, 2.45) is 0 Å². The smallest absolute Gasteiger partial charge is 0.389 e. The third kappa shape index (κ3) is 8.59. The van der Waals surface area contributed by atoms with Gasteiger partial charge in [0.1, 0.15) is 17.8 Å². The van der Waals surface area contributed by atoms with Gasteiger partial charge in [-0.2, -0.15) is 13.2 Å². The topological polar surface area (TPSA) is 26.3 Å². The maximum atomic E-state index is 12.1. The quantitative estimate of drug-likeness (QED) is 0.276. The van der Waals surface area contributed by atoms with Crippen molar-refractivity contribution in [3.63, 3.8) is 0 Å². The summed E-state index contributed by atoms with van der Waals surface area (Å²) in [5.41, 5.74) is 1.74. The Hall–Kier alpha value is -2.30. The molecule has 0 saturated carbocycles. The summed E-state index contributed by atoms with van der Waals surface area (Å²) in [4.78, 5) is 10.7. The van der Waals surface area contributed by atoms with Gasteiger partial charge in [0, 0.05) is 12.0 Å². The van der Waals surface area contributed by atoms with Crippen molar-refractivity contribution in [2.45, 2.75) is 64.0 Å². The Labute approximate surface area is 164 Å². The van der Waals surface area contributed by atoms with Crippen LogP contribution in [0.5, 0.6) is 11.5 Å². The molecule has 0 aliphatic rings. The molecule has 0 aliphatic carbocycles. The van der Waals surface area contributed by atoms with Gasteiger partial charge in [-0.15, -0.1) is 0 Å². The molecule has 0 atom stereocenters. The fraction of sp³-hybridized carbons (Fsp3) is 0.435. The van der Waals surface area contributed by atoms with Gasteiger partial charge in [-0.25, -0.2) is 0 Å². The van der Waals surface area contributed by atoms with E-state index in [0.29, 0.717) is 17.7 Å². The van der Waals surface area contributed by atoms with Crippen molar-refractivity contribution in [3.05, 3.63) is 59.7 Å². The Kier molecular flexibility index (Phi) is 9.05. The van der Waals surface area contributed by atoms with E-state index >= 15 is 0 Å². The van der Waals surface area contributed by atoms with Crippen LogP contribution in [0.4, 0.5) is 13.2 Å². The number of hydrogen-bond donors (Lipinski definition) is 0. The van der Waals surface area contributed by atoms with Crippen molar-refractivity contribution < 1.29 is 22.7 Å². The van der Waals surface area contributed by atoms with Crippen molar-refractivity contribution in [1.29, 1.82) is 0 Å². The summed E-state index contributed by atoms with van der Waals surface area (Å²) in [5, 5.41) is 0. The van der Waals surface area contributed by atoms with Crippen LogP contribution in [0, 0.1) is 0 Å². The van der Waals surface area contributed by atoms with E-state index in [1.807, 2.05) is 24.3 Å².